The summed E-state index contributed by atoms with van der Waals surface area (Å²) in [5, 5.41) is 19.5. The Morgan fingerprint density at radius 2 is 1.32 bits per heavy atom. The summed E-state index contributed by atoms with van der Waals surface area (Å²) in [5.41, 5.74) is 7.22. The normalized spacial score (nSPS) is 12.1. The summed E-state index contributed by atoms with van der Waals surface area (Å²) in [6, 6.07) is 13.6. The van der Waals surface area contributed by atoms with Crippen molar-refractivity contribution in [3.05, 3.63) is 66.2 Å². The predicted octanol–water partition coefficient (Wildman–Crippen LogP) is 9.65. The first-order valence-corrected chi connectivity index (χ1v) is 18.1. The van der Waals surface area contributed by atoms with Gasteiger partial charge in [0.1, 0.15) is 0 Å². The van der Waals surface area contributed by atoms with Crippen LogP contribution in [0.4, 0.5) is 11.4 Å². The van der Waals surface area contributed by atoms with Gasteiger partial charge in [0.15, 0.2) is 0 Å². The van der Waals surface area contributed by atoms with Crippen LogP contribution in [0.5, 0.6) is 0 Å². The summed E-state index contributed by atoms with van der Waals surface area (Å²) >= 11 is 0. The predicted molar refractivity (Wildman–Crippen MR) is 183 cm³/mol. The molecular weight excluding hydrogens is 560 g/mol. The monoisotopic (exact) mass is 617 g/mol. The van der Waals surface area contributed by atoms with E-state index in [1.165, 1.54) is 21.7 Å². The van der Waals surface area contributed by atoms with Crippen LogP contribution in [-0.2, 0) is 21.7 Å². The van der Waals surface area contributed by atoms with Crippen molar-refractivity contribution in [2.75, 3.05) is 6.61 Å². The zero-order chi connectivity index (χ0) is 30.1. The van der Waals surface area contributed by atoms with Gasteiger partial charge >= 0.3 is 21.7 Å². The van der Waals surface area contributed by atoms with Crippen molar-refractivity contribution in [1.82, 2.24) is 0 Å². The van der Waals surface area contributed by atoms with Crippen LogP contribution < -0.4 is 15.7 Å². The summed E-state index contributed by atoms with van der Waals surface area (Å²) in [5.74, 6) is 2.42. The minimum absolute atomic E-state index is 0. The van der Waals surface area contributed by atoms with E-state index in [0.29, 0.717) is 29.1 Å². The number of hydrogen-bond acceptors (Lipinski definition) is 1. The van der Waals surface area contributed by atoms with Gasteiger partial charge in [0.25, 0.3) is 0 Å². The molecule has 2 nitrogen and oxygen atoms in total. The molecule has 0 fully saturated rings. The third-order valence-electron chi connectivity index (χ3n) is 6.66. The number of unbranched alkanes of at least 4 members (excludes halogenated alkanes) is 1. The summed E-state index contributed by atoms with van der Waals surface area (Å²) in [6.45, 7) is 31.4. The van der Waals surface area contributed by atoms with Gasteiger partial charge in [0.2, 0.25) is 0 Å². The molecule has 0 spiro atoms. The molecule has 5 heteroatoms. The van der Waals surface area contributed by atoms with Crippen LogP contribution in [0.2, 0.25) is 0 Å². The number of hydrogen-bond donors (Lipinski definition) is 0. The van der Waals surface area contributed by atoms with Gasteiger partial charge in [-0.1, -0.05) is 132 Å². The standard InChI is InChI=1S/C30H46NOP2.C5H11.Ti/c1-21(2)33(22(3)4)29-19-25(9)13-15-27(29)31-28-16-14-26(10)20-30(28)34(23(5)6,24(7)8)18-12-11-17-32;1-5(2,3)4;/h12-16,18-24H,11,17H2,1-10H3;1H2,2-4H3;/q-3;-1;+4. The van der Waals surface area contributed by atoms with Crippen molar-refractivity contribution >= 4 is 42.6 Å². The van der Waals surface area contributed by atoms with Crippen molar-refractivity contribution in [2.45, 2.75) is 119 Å². The Morgan fingerprint density at radius 3 is 1.75 bits per heavy atom. The molecule has 0 aliphatic rings. The molecule has 0 aliphatic carbocycles. The maximum Gasteiger partial charge on any atom is 4.00 e. The van der Waals surface area contributed by atoms with E-state index in [1.54, 1.807) is 0 Å². The second kappa shape index (κ2) is 17.7. The molecule has 0 aliphatic heterocycles. The number of nitrogens with zero attached hydrogens (tertiary/aromatic N) is 1. The summed E-state index contributed by atoms with van der Waals surface area (Å²) in [4.78, 5) is 0. The molecule has 0 aromatic heterocycles. The quantitative estimate of drug-likeness (QED) is 0.107. The van der Waals surface area contributed by atoms with Gasteiger partial charge in [0, 0.05) is 0 Å². The van der Waals surface area contributed by atoms with Crippen molar-refractivity contribution in [1.29, 1.82) is 0 Å². The van der Waals surface area contributed by atoms with Gasteiger partial charge in [-0.25, -0.2) is 5.80 Å². The molecular formula is C35H57NOP2Ti. The first-order valence-electron chi connectivity index (χ1n) is 14.7. The molecule has 0 saturated carbocycles. The number of rotatable bonds is 11. The third kappa shape index (κ3) is 11.7. The summed E-state index contributed by atoms with van der Waals surface area (Å²) < 4.78 is 0. The Kier molecular flexibility index (Phi) is 17.5. The molecule has 0 bridgehead atoms. The van der Waals surface area contributed by atoms with E-state index >= 15 is 0 Å². The Balaban J connectivity index is 0.00000232. The molecule has 0 radical (unpaired) electrons. The average Bonchev–Trinajstić information content (AvgIpc) is 2.77. The van der Waals surface area contributed by atoms with Crippen molar-refractivity contribution in [3.63, 3.8) is 0 Å². The molecule has 0 amide bonds. The SMILES string of the molecule is Cc1ccc([N-]c2ccc(C)cc2P(=C[CH-]CC[O-])(C(C)C)C(C)C)c(P(C(C)C)C(C)C)c1.[CH2-]C(C)(C)C.[Ti+4]. The van der Waals surface area contributed by atoms with Crippen LogP contribution in [0.15, 0.2) is 36.4 Å². The van der Waals surface area contributed by atoms with Crippen molar-refractivity contribution in [2.24, 2.45) is 5.41 Å². The molecule has 0 saturated heterocycles. The van der Waals surface area contributed by atoms with Gasteiger partial charge < -0.3 is 23.8 Å². The molecule has 2 aromatic rings. The zero-order valence-electron chi connectivity index (χ0n) is 27.8. The molecule has 0 atom stereocenters. The van der Waals surface area contributed by atoms with Crippen LogP contribution >= 0.6 is 14.8 Å². The zero-order valence-corrected chi connectivity index (χ0v) is 31.1. The Bertz CT molecular complexity index is 1060. The molecule has 222 valence electrons. The van der Waals surface area contributed by atoms with E-state index in [-0.39, 0.29) is 41.7 Å². The van der Waals surface area contributed by atoms with Gasteiger partial charge in [-0.05, 0) is 47.1 Å². The van der Waals surface area contributed by atoms with Crippen molar-refractivity contribution in [3.8, 4) is 0 Å². The van der Waals surface area contributed by atoms with E-state index in [2.05, 4.69) is 146 Å². The minimum Gasteiger partial charge on any atom is -0.856 e. The number of aryl methyl sites for hydroxylation is 2. The molecule has 0 heterocycles. The first kappa shape index (κ1) is 39.6. The fourth-order valence-electron chi connectivity index (χ4n) is 5.15. The molecule has 0 N–H and O–H groups in total. The van der Waals surface area contributed by atoms with Crippen LogP contribution in [0, 0.1) is 32.6 Å². The van der Waals surface area contributed by atoms with Gasteiger partial charge in [-0.3, -0.25) is 0 Å². The number of benzene rings is 2. The first-order chi connectivity index (χ1) is 17.9. The molecule has 2 aromatic carbocycles. The van der Waals surface area contributed by atoms with E-state index in [4.69, 9.17) is 5.32 Å². The van der Waals surface area contributed by atoms with Gasteiger partial charge in [0.05, 0.1) is 0 Å². The summed E-state index contributed by atoms with van der Waals surface area (Å²) in [7, 11) is -0.321. The van der Waals surface area contributed by atoms with E-state index in [1.807, 2.05) is 0 Å². The van der Waals surface area contributed by atoms with Crippen LogP contribution in [-0.4, -0.2) is 35.0 Å². The Hall–Kier alpha value is -0.356. The van der Waals surface area contributed by atoms with Crippen LogP contribution in [0.3, 0.4) is 0 Å². The molecule has 2 rings (SSSR count). The maximum atomic E-state index is 11.2. The van der Waals surface area contributed by atoms with Gasteiger partial charge in [-0.2, -0.15) is 18.4 Å². The fraction of sp³-hybridized carbons (Fsp3) is 0.571. The fourth-order valence-corrected chi connectivity index (χ4v) is 12.8. The Labute approximate surface area is 265 Å². The minimum atomic E-state index is -1.72. The van der Waals surface area contributed by atoms with Crippen LogP contribution in [0.1, 0.15) is 93.7 Å². The maximum absolute atomic E-state index is 11.2. The Morgan fingerprint density at radius 1 is 0.875 bits per heavy atom. The van der Waals surface area contributed by atoms with E-state index < -0.39 is 6.89 Å². The largest absolute Gasteiger partial charge is 4.00 e. The molecule has 0 unspecified atom stereocenters. The van der Waals surface area contributed by atoms with Gasteiger partial charge in [-0.15, -0.1) is 18.3 Å². The average molecular weight is 618 g/mol. The second-order valence-corrected chi connectivity index (χ2v) is 21.0. The second-order valence-electron chi connectivity index (χ2n) is 13.2. The molecule has 40 heavy (non-hydrogen) atoms. The smallest absolute Gasteiger partial charge is 0.856 e. The van der Waals surface area contributed by atoms with Crippen molar-refractivity contribution < 1.29 is 26.8 Å². The van der Waals surface area contributed by atoms with E-state index in [0.717, 1.165) is 11.4 Å². The topological polar surface area (TPSA) is 37.2 Å². The van der Waals surface area contributed by atoms with Crippen LogP contribution in [0.25, 0.3) is 5.32 Å². The van der Waals surface area contributed by atoms with E-state index in [9.17, 15) is 5.11 Å². The third-order valence-corrected chi connectivity index (χ3v) is 15.1. The summed E-state index contributed by atoms with van der Waals surface area (Å²) in [6.07, 6.45) is 2.73.